The van der Waals surface area contributed by atoms with E-state index in [1.165, 1.54) is 0 Å². The van der Waals surface area contributed by atoms with Crippen molar-refractivity contribution in [3.05, 3.63) is 60.2 Å². The minimum absolute atomic E-state index is 0.116. The van der Waals surface area contributed by atoms with E-state index in [-0.39, 0.29) is 12.5 Å². The SMILES string of the molecule is COc1cc(C)c(NCC(=O)Nc2ccc3ccccc3c2)cc1OC. The monoisotopic (exact) mass is 350 g/mol. The Morgan fingerprint density at radius 2 is 1.62 bits per heavy atom. The number of rotatable bonds is 6. The molecule has 5 nitrogen and oxygen atoms in total. The van der Waals surface area contributed by atoms with Gasteiger partial charge in [0.2, 0.25) is 5.91 Å². The number of ether oxygens (including phenoxy) is 2. The summed E-state index contributed by atoms with van der Waals surface area (Å²) in [6.07, 6.45) is 0. The number of fused-ring (bicyclic) bond motifs is 1. The van der Waals surface area contributed by atoms with Gasteiger partial charge in [0.25, 0.3) is 0 Å². The zero-order valence-corrected chi connectivity index (χ0v) is 15.1. The van der Waals surface area contributed by atoms with Gasteiger partial charge in [-0.25, -0.2) is 0 Å². The second-order valence-corrected chi connectivity index (χ2v) is 5.99. The molecule has 26 heavy (non-hydrogen) atoms. The van der Waals surface area contributed by atoms with Crippen molar-refractivity contribution in [2.75, 3.05) is 31.4 Å². The average molecular weight is 350 g/mol. The predicted molar refractivity (Wildman–Crippen MR) is 105 cm³/mol. The lowest BCUT2D eigenvalue weighted by Crippen LogP contribution is -2.22. The highest BCUT2D eigenvalue weighted by atomic mass is 16.5. The first kappa shape index (κ1) is 17.6. The van der Waals surface area contributed by atoms with E-state index in [9.17, 15) is 4.79 Å². The molecule has 0 saturated carbocycles. The van der Waals surface area contributed by atoms with E-state index < -0.39 is 0 Å². The van der Waals surface area contributed by atoms with E-state index in [4.69, 9.17) is 9.47 Å². The molecular formula is C21H22N2O3. The molecule has 0 aliphatic rings. The molecule has 0 spiro atoms. The maximum absolute atomic E-state index is 12.3. The third-order valence-electron chi connectivity index (χ3n) is 4.20. The minimum Gasteiger partial charge on any atom is -0.493 e. The Kier molecular flexibility index (Phi) is 5.27. The third-order valence-corrected chi connectivity index (χ3v) is 4.20. The molecule has 1 amide bonds. The highest BCUT2D eigenvalue weighted by molar-refractivity contribution is 5.96. The van der Waals surface area contributed by atoms with Crippen molar-refractivity contribution in [1.82, 2.24) is 0 Å². The van der Waals surface area contributed by atoms with E-state index in [0.717, 1.165) is 27.7 Å². The van der Waals surface area contributed by atoms with Crippen molar-refractivity contribution < 1.29 is 14.3 Å². The van der Waals surface area contributed by atoms with E-state index in [2.05, 4.69) is 10.6 Å². The van der Waals surface area contributed by atoms with Gasteiger partial charge in [-0.2, -0.15) is 0 Å². The van der Waals surface area contributed by atoms with Crippen LogP contribution in [0, 0.1) is 6.92 Å². The van der Waals surface area contributed by atoms with Gasteiger partial charge in [-0.05, 0) is 41.5 Å². The van der Waals surface area contributed by atoms with Gasteiger partial charge < -0.3 is 20.1 Å². The zero-order valence-electron chi connectivity index (χ0n) is 15.1. The molecule has 3 rings (SSSR count). The molecule has 0 unspecified atom stereocenters. The molecule has 0 aromatic heterocycles. The molecule has 0 aliphatic carbocycles. The number of carbonyl (C=O) groups excluding carboxylic acids is 1. The molecule has 5 heteroatoms. The van der Waals surface area contributed by atoms with Crippen molar-refractivity contribution >= 4 is 28.1 Å². The van der Waals surface area contributed by atoms with Gasteiger partial charge in [0, 0.05) is 17.4 Å². The molecule has 0 saturated heterocycles. The van der Waals surface area contributed by atoms with E-state index in [0.29, 0.717) is 11.5 Å². The van der Waals surface area contributed by atoms with Crippen LogP contribution < -0.4 is 20.1 Å². The Bertz CT molecular complexity index is 938. The summed E-state index contributed by atoms with van der Waals surface area (Å²) in [6.45, 7) is 2.11. The van der Waals surface area contributed by atoms with Crippen LogP contribution in [0.5, 0.6) is 11.5 Å². The van der Waals surface area contributed by atoms with Crippen LogP contribution >= 0.6 is 0 Å². The van der Waals surface area contributed by atoms with Gasteiger partial charge in [-0.15, -0.1) is 0 Å². The number of hydrogen-bond donors (Lipinski definition) is 2. The summed E-state index contributed by atoms with van der Waals surface area (Å²) in [7, 11) is 3.19. The first-order valence-corrected chi connectivity index (χ1v) is 8.36. The van der Waals surface area contributed by atoms with Gasteiger partial charge in [0.15, 0.2) is 11.5 Å². The van der Waals surface area contributed by atoms with Crippen LogP contribution in [-0.2, 0) is 4.79 Å². The topological polar surface area (TPSA) is 59.6 Å². The smallest absolute Gasteiger partial charge is 0.243 e. The second-order valence-electron chi connectivity index (χ2n) is 5.99. The summed E-state index contributed by atoms with van der Waals surface area (Å²) >= 11 is 0. The summed E-state index contributed by atoms with van der Waals surface area (Å²) < 4.78 is 10.6. The lowest BCUT2D eigenvalue weighted by atomic mass is 10.1. The number of benzene rings is 3. The fourth-order valence-corrected chi connectivity index (χ4v) is 2.82. The summed E-state index contributed by atoms with van der Waals surface area (Å²) in [4.78, 5) is 12.3. The van der Waals surface area contributed by atoms with Gasteiger partial charge in [-0.1, -0.05) is 30.3 Å². The number of aryl methyl sites for hydroxylation is 1. The maximum Gasteiger partial charge on any atom is 0.243 e. The second kappa shape index (κ2) is 7.78. The molecule has 0 fully saturated rings. The summed E-state index contributed by atoms with van der Waals surface area (Å²) in [5, 5.41) is 8.30. The molecule has 0 heterocycles. The molecule has 0 atom stereocenters. The fraction of sp³-hybridized carbons (Fsp3) is 0.190. The Balaban J connectivity index is 1.66. The van der Waals surface area contributed by atoms with Crippen LogP contribution in [0.3, 0.4) is 0 Å². The molecule has 2 N–H and O–H groups in total. The molecule has 134 valence electrons. The Morgan fingerprint density at radius 3 is 2.35 bits per heavy atom. The molecule has 0 bridgehead atoms. The summed E-state index contributed by atoms with van der Waals surface area (Å²) in [5.41, 5.74) is 2.58. The Hall–Kier alpha value is -3.21. The number of carbonyl (C=O) groups is 1. The van der Waals surface area contributed by atoms with Crippen molar-refractivity contribution in [2.24, 2.45) is 0 Å². The van der Waals surface area contributed by atoms with Gasteiger partial charge in [0.05, 0.1) is 20.8 Å². The van der Waals surface area contributed by atoms with Crippen molar-refractivity contribution in [1.29, 1.82) is 0 Å². The average Bonchev–Trinajstić information content (AvgIpc) is 2.66. The first-order valence-electron chi connectivity index (χ1n) is 8.36. The molecule has 3 aromatic carbocycles. The number of anilines is 2. The lowest BCUT2D eigenvalue weighted by molar-refractivity contribution is -0.114. The maximum atomic E-state index is 12.3. The van der Waals surface area contributed by atoms with Crippen LogP contribution in [0.25, 0.3) is 10.8 Å². The largest absolute Gasteiger partial charge is 0.493 e. The fourth-order valence-electron chi connectivity index (χ4n) is 2.82. The first-order chi connectivity index (χ1) is 12.6. The number of hydrogen-bond acceptors (Lipinski definition) is 4. The van der Waals surface area contributed by atoms with Crippen molar-refractivity contribution in [3.63, 3.8) is 0 Å². The highest BCUT2D eigenvalue weighted by Crippen LogP contribution is 2.32. The van der Waals surface area contributed by atoms with E-state index >= 15 is 0 Å². The number of methoxy groups -OCH3 is 2. The van der Waals surface area contributed by atoms with Gasteiger partial charge >= 0.3 is 0 Å². The molecule has 0 aliphatic heterocycles. The van der Waals surface area contributed by atoms with Gasteiger partial charge in [-0.3, -0.25) is 4.79 Å². The third kappa shape index (κ3) is 3.88. The number of amides is 1. The minimum atomic E-state index is -0.116. The van der Waals surface area contributed by atoms with Crippen LogP contribution in [-0.4, -0.2) is 26.7 Å². The van der Waals surface area contributed by atoms with Gasteiger partial charge in [0.1, 0.15) is 0 Å². The lowest BCUT2D eigenvalue weighted by Gasteiger charge is -2.14. The quantitative estimate of drug-likeness (QED) is 0.699. The van der Waals surface area contributed by atoms with Crippen LogP contribution in [0.2, 0.25) is 0 Å². The predicted octanol–water partition coefficient (Wildman–Crippen LogP) is 4.22. The van der Waals surface area contributed by atoms with E-state index in [1.807, 2.05) is 61.5 Å². The van der Waals surface area contributed by atoms with Crippen molar-refractivity contribution in [3.8, 4) is 11.5 Å². The van der Waals surface area contributed by atoms with Crippen molar-refractivity contribution in [2.45, 2.75) is 6.92 Å². The van der Waals surface area contributed by atoms with Crippen LogP contribution in [0.15, 0.2) is 54.6 Å². The van der Waals surface area contributed by atoms with Crippen LogP contribution in [0.1, 0.15) is 5.56 Å². The van der Waals surface area contributed by atoms with Crippen LogP contribution in [0.4, 0.5) is 11.4 Å². The summed E-state index contributed by atoms with van der Waals surface area (Å²) in [6, 6.07) is 17.6. The highest BCUT2D eigenvalue weighted by Gasteiger charge is 2.10. The molecule has 3 aromatic rings. The molecule has 0 radical (unpaired) electrons. The zero-order chi connectivity index (χ0) is 18.5. The Morgan fingerprint density at radius 1 is 0.923 bits per heavy atom. The normalized spacial score (nSPS) is 10.4. The van der Waals surface area contributed by atoms with E-state index in [1.54, 1.807) is 14.2 Å². The Labute approximate surface area is 152 Å². The molecular weight excluding hydrogens is 328 g/mol. The summed E-state index contributed by atoms with van der Waals surface area (Å²) in [5.74, 6) is 1.17. The standard InChI is InChI=1S/C21H22N2O3/c1-14-10-19(25-2)20(26-3)12-18(14)22-13-21(24)23-17-9-8-15-6-4-5-7-16(15)11-17/h4-12,22H,13H2,1-3H3,(H,23,24). The number of nitrogens with one attached hydrogen (secondary N) is 2.